The number of hydrogen-bond donors (Lipinski definition) is 3. The quantitative estimate of drug-likeness (QED) is 0.0325. The largest absolute Gasteiger partial charge is 0.462 e. The highest BCUT2D eigenvalue weighted by Gasteiger charge is 2.24. The number of allylic oxidation sites excluding steroid dienone is 12. The SMILES string of the molecule is CC/C=C/C/C=C/C/C=C/C/C=C/C/C=C/CCC(=O)OC(CCCCC/C=C\CCCC)CC(=O)NC(CO)C(O)CCCCCCCCCCCCCCC. The zero-order valence-electron chi connectivity index (χ0n) is 37.2. The molecule has 3 atom stereocenters. The number of rotatable bonds is 41. The number of ether oxygens (including phenoxy) is 1. The average molecular weight is 796 g/mol. The predicted octanol–water partition coefficient (Wildman–Crippen LogP) is 13.8. The van der Waals surface area contributed by atoms with Crippen LogP contribution in [0.15, 0.2) is 72.9 Å². The van der Waals surface area contributed by atoms with Gasteiger partial charge in [0.05, 0.1) is 25.2 Å². The van der Waals surface area contributed by atoms with Crippen molar-refractivity contribution in [2.45, 2.75) is 232 Å². The lowest BCUT2D eigenvalue weighted by Gasteiger charge is -2.24. The Morgan fingerprint density at radius 1 is 0.526 bits per heavy atom. The summed E-state index contributed by atoms with van der Waals surface area (Å²) in [6.45, 7) is 6.28. The smallest absolute Gasteiger partial charge is 0.306 e. The molecular formula is C51H89NO5. The van der Waals surface area contributed by atoms with Gasteiger partial charge < -0.3 is 20.3 Å². The van der Waals surface area contributed by atoms with Crippen LogP contribution in [0.2, 0.25) is 0 Å². The number of amides is 1. The molecule has 1 amide bonds. The summed E-state index contributed by atoms with van der Waals surface area (Å²) in [5.41, 5.74) is 0. The first-order valence-electron chi connectivity index (χ1n) is 23.7. The molecule has 3 unspecified atom stereocenters. The molecule has 6 nitrogen and oxygen atoms in total. The molecule has 3 N–H and O–H groups in total. The second kappa shape index (κ2) is 44.4. The molecule has 57 heavy (non-hydrogen) atoms. The van der Waals surface area contributed by atoms with E-state index < -0.39 is 18.2 Å². The van der Waals surface area contributed by atoms with Crippen LogP contribution in [0.3, 0.4) is 0 Å². The summed E-state index contributed by atoms with van der Waals surface area (Å²) in [6.07, 6.45) is 55.4. The van der Waals surface area contributed by atoms with Crippen LogP contribution in [0.25, 0.3) is 0 Å². The second-order valence-corrected chi connectivity index (χ2v) is 15.8. The van der Waals surface area contributed by atoms with Gasteiger partial charge in [0.25, 0.3) is 0 Å². The third-order valence-corrected chi connectivity index (χ3v) is 10.3. The molecule has 0 aliphatic carbocycles. The number of carbonyl (C=O) groups is 2. The number of nitrogens with one attached hydrogen (secondary N) is 1. The molecule has 328 valence electrons. The summed E-state index contributed by atoms with van der Waals surface area (Å²) in [7, 11) is 0. The van der Waals surface area contributed by atoms with Crippen LogP contribution in [0.5, 0.6) is 0 Å². The Bertz CT molecular complexity index is 1070. The molecule has 0 aromatic rings. The van der Waals surface area contributed by atoms with E-state index in [4.69, 9.17) is 4.74 Å². The number of aliphatic hydroxyl groups excluding tert-OH is 2. The van der Waals surface area contributed by atoms with E-state index in [-0.39, 0.29) is 31.3 Å². The Morgan fingerprint density at radius 2 is 0.965 bits per heavy atom. The van der Waals surface area contributed by atoms with E-state index in [1.54, 1.807) is 0 Å². The first-order chi connectivity index (χ1) is 28.0. The molecule has 0 aromatic heterocycles. The zero-order chi connectivity index (χ0) is 41.7. The van der Waals surface area contributed by atoms with Crippen molar-refractivity contribution in [1.82, 2.24) is 5.32 Å². The molecule has 0 aliphatic rings. The molecule has 0 radical (unpaired) electrons. The minimum atomic E-state index is -0.804. The van der Waals surface area contributed by atoms with Crippen LogP contribution in [-0.2, 0) is 14.3 Å². The zero-order valence-corrected chi connectivity index (χ0v) is 37.2. The van der Waals surface area contributed by atoms with E-state index in [0.717, 1.165) is 83.5 Å². The highest BCUT2D eigenvalue weighted by Crippen LogP contribution is 2.16. The highest BCUT2D eigenvalue weighted by atomic mass is 16.5. The summed E-state index contributed by atoms with van der Waals surface area (Å²) in [6, 6.07) is -0.721. The van der Waals surface area contributed by atoms with Crippen molar-refractivity contribution in [2.24, 2.45) is 0 Å². The van der Waals surface area contributed by atoms with Crippen LogP contribution in [0, 0.1) is 0 Å². The van der Waals surface area contributed by atoms with Crippen LogP contribution in [0.4, 0.5) is 0 Å². The number of esters is 1. The standard InChI is InChI=1S/C51H89NO5/c1-4-7-10-13-16-19-21-23-24-25-27-29-32-35-38-41-44-51(56)57-47(42-39-36-33-30-18-15-12-9-6-3)45-50(55)52-48(46-53)49(54)43-40-37-34-31-28-26-22-20-17-14-11-8-5-2/h7,10,15-16,18-19,23-24,27,29,35,38,47-49,53-54H,4-6,8-9,11-14,17,20-22,25-26,28,30-34,36-37,39-46H2,1-3H3,(H,52,55)/b10-7+,18-15-,19-16+,24-23+,29-27+,38-35+. The Balaban J connectivity index is 4.63. The summed E-state index contributed by atoms with van der Waals surface area (Å²) in [4.78, 5) is 25.9. The van der Waals surface area contributed by atoms with Crippen molar-refractivity contribution in [3.8, 4) is 0 Å². The van der Waals surface area contributed by atoms with Crippen molar-refractivity contribution in [3.63, 3.8) is 0 Å². The fourth-order valence-electron chi connectivity index (χ4n) is 6.69. The lowest BCUT2D eigenvalue weighted by molar-refractivity contribution is -0.150. The van der Waals surface area contributed by atoms with E-state index in [9.17, 15) is 19.8 Å². The van der Waals surface area contributed by atoms with E-state index in [1.807, 2.05) is 6.08 Å². The van der Waals surface area contributed by atoms with Crippen LogP contribution in [0.1, 0.15) is 213 Å². The average Bonchev–Trinajstić information content (AvgIpc) is 3.20. The summed E-state index contributed by atoms with van der Waals surface area (Å²) in [5.74, 6) is -0.596. The van der Waals surface area contributed by atoms with Gasteiger partial charge in [0.15, 0.2) is 0 Å². The molecule has 0 saturated heterocycles. The highest BCUT2D eigenvalue weighted by molar-refractivity contribution is 5.77. The normalized spacial score (nSPS) is 14.0. The van der Waals surface area contributed by atoms with Gasteiger partial charge in [-0.15, -0.1) is 0 Å². The lowest BCUT2D eigenvalue weighted by Crippen LogP contribution is -2.46. The molecule has 0 rings (SSSR count). The molecular weight excluding hydrogens is 707 g/mol. The van der Waals surface area contributed by atoms with Gasteiger partial charge in [0.2, 0.25) is 5.91 Å². The molecule has 6 heteroatoms. The maximum atomic E-state index is 13.1. The monoisotopic (exact) mass is 796 g/mol. The fourth-order valence-corrected chi connectivity index (χ4v) is 6.69. The second-order valence-electron chi connectivity index (χ2n) is 15.8. The molecule has 0 heterocycles. The van der Waals surface area contributed by atoms with Gasteiger partial charge in [-0.1, -0.05) is 196 Å². The van der Waals surface area contributed by atoms with E-state index in [1.165, 1.54) is 77.0 Å². The molecule has 0 fully saturated rings. The van der Waals surface area contributed by atoms with Crippen molar-refractivity contribution >= 4 is 11.9 Å². The van der Waals surface area contributed by atoms with Gasteiger partial charge in [0.1, 0.15) is 6.10 Å². The number of hydrogen-bond acceptors (Lipinski definition) is 5. The molecule has 0 aliphatic heterocycles. The summed E-state index contributed by atoms with van der Waals surface area (Å²) < 4.78 is 5.84. The Morgan fingerprint density at radius 3 is 1.49 bits per heavy atom. The minimum Gasteiger partial charge on any atom is -0.462 e. The van der Waals surface area contributed by atoms with E-state index in [0.29, 0.717) is 19.3 Å². The maximum Gasteiger partial charge on any atom is 0.306 e. The van der Waals surface area contributed by atoms with Crippen molar-refractivity contribution in [2.75, 3.05) is 6.61 Å². The predicted molar refractivity (Wildman–Crippen MR) is 245 cm³/mol. The van der Waals surface area contributed by atoms with Gasteiger partial charge in [0, 0.05) is 6.42 Å². The van der Waals surface area contributed by atoms with Crippen LogP contribution < -0.4 is 5.32 Å². The van der Waals surface area contributed by atoms with E-state index >= 15 is 0 Å². The van der Waals surface area contributed by atoms with Gasteiger partial charge in [-0.05, 0) is 77.0 Å². The summed E-state index contributed by atoms with van der Waals surface area (Å²) >= 11 is 0. The Hall–Kier alpha value is -2.70. The first kappa shape index (κ1) is 54.3. The molecule has 0 saturated carbocycles. The van der Waals surface area contributed by atoms with Gasteiger partial charge in [-0.2, -0.15) is 0 Å². The van der Waals surface area contributed by atoms with E-state index in [2.05, 4.69) is 92.9 Å². The van der Waals surface area contributed by atoms with Crippen molar-refractivity contribution in [1.29, 1.82) is 0 Å². The molecule has 0 bridgehead atoms. The number of carbonyl (C=O) groups excluding carboxylic acids is 2. The molecule has 0 spiro atoms. The third-order valence-electron chi connectivity index (χ3n) is 10.3. The van der Waals surface area contributed by atoms with Gasteiger partial charge in [-0.3, -0.25) is 9.59 Å². The lowest BCUT2D eigenvalue weighted by atomic mass is 10.0. The van der Waals surface area contributed by atoms with Crippen LogP contribution in [-0.4, -0.2) is 46.9 Å². The maximum absolute atomic E-state index is 13.1. The summed E-state index contributed by atoms with van der Waals surface area (Å²) in [5, 5.41) is 23.6. The van der Waals surface area contributed by atoms with Gasteiger partial charge >= 0.3 is 5.97 Å². The number of aliphatic hydroxyl groups is 2. The van der Waals surface area contributed by atoms with Gasteiger partial charge in [-0.25, -0.2) is 0 Å². The molecule has 0 aromatic carbocycles. The Kier molecular flexibility index (Phi) is 42.3. The number of unbranched alkanes of at least 4 members (excludes halogenated alkanes) is 17. The minimum absolute atomic E-state index is 0.0340. The third kappa shape index (κ3) is 39.9. The van der Waals surface area contributed by atoms with Crippen molar-refractivity contribution < 1.29 is 24.5 Å². The first-order valence-corrected chi connectivity index (χ1v) is 23.7. The topological polar surface area (TPSA) is 95.9 Å². The van der Waals surface area contributed by atoms with Crippen LogP contribution >= 0.6 is 0 Å². The Labute approximate surface area is 351 Å². The fraction of sp³-hybridized carbons (Fsp3) is 0.725. The van der Waals surface area contributed by atoms with Crippen molar-refractivity contribution in [3.05, 3.63) is 72.9 Å².